The van der Waals surface area contributed by atoms with Crippen LogP contribution in [0.15, 0.2) is 29.3 Å². The lowest BCUT2D eigenvalue weighted by Gasteiger charge is -2.19. The van der Waals surface area contributed by atoms with Gasteiger partial charge in [0.05, 0.1) is 17.3 Å². The fourth-order valence-electron chi connectivity index (χ4n) is 2.29. The minimum absolute atomic E-state index is 0.130. The molecule has 2 heterocycles. The van der Waals surface area contributed by atoms with Crippen LogP contribution >= 0.6 is 0 Å². The molecule has 1 aromatic carbocycles. The van der Waals surface area contributed by atoms with Crippen LogP contribution in [0.25, 0.3) is 0 Å². The molecule has 76 valence electrons. The molecule has 1 saturated heterocycles. The Labute approximate surface area is 88.4 Å². The van der Waals surface area contributed by atoms with E-state index in [4.69, 9.17) is 0 Å². The summed E-state index contributed by atoms with van der Waals surface area (Å²) in [5.41, 5.74) is 1.54. The fourth-order valence-corrected chi connectivity index (χ4v) is 2.29. The van der Waals surface area contributed by atoms with Gasteiger partial charge in [0.25, 0.3) is 5.91 Å². The number of carbonyl (C=O) groups excluding carboxylic acids is 1. The number of nitrogens with zero attached hydrogens (tertiary/aromatic N) is 2. The second-order valence-electron chi connectivity index (χ2n) is 4.00. The molecule has 0 spiro atoms. The minimum Gasteiger partial charge on any atom is -0.331 e. The highest BCUT2D eigenvalue weighted by Crippen LogP contribution is 2.27. The Morgan fingerprint density at radius 3 is 3.13 bits per heavy atom. The highest BCUT2D eigenvalue weighted by atomic mass is 16.2. The van der Waals surface area contributed by atoms with E-state index in [0.29, 0.717) is 0 Å². The summed E-state index contributed by atoms with van der Waals surface area (Å²) in [5, 5.41) is 0. The first-order valence-corrected chi connectivity index (χ1v) is 5.30. The molecule has 0 saturated carbocycles. The van der Waals surface area contributed by atoms with Crippen molar-refractivity contribution in [3.63, 3.8) is 0 Å². The Morgan fingerprint density at radius 2 is 2.20 bits per heavy atom. The number of hydrogen-bond donors (Lipinski definition) is 0. The molecule has 1 fully saturated rings. The summed E-state index contributed by atoms with van der Waals surface area (Å²) in [5.74, 6) is 0.130. The van der Waals surface area contributed by atoms with Crippen molar-refractivity contribution in [3.05, 3.63) is 29.8 Å². The molecule has 1 atom stereocenters. The third-order valence-corrected chi connectivity index (χ3v) is 3.08. The Morgan fingerprint density at radius 1 is 1.33 bits per heavy atom. The third-order valence-electron chi connectivity index (χ3n) is 3.08. The zero-order valence-corrected chi connectivity index (χ0v) is 8.39. The average molecular weight is 200 g/mol. The van der Waals surface area contributed by atoms with E-state index in [9.17, 15) is 4.79 Å². The highest BCUT2D eigenvalue weighted by Gasteiger charge is 2.31. The lowest BCUT2D eigenvalue weighted by atomic mass is 10.1. The van der Waals surface area contributed by atoms with Gasteiger partial charge in [-0.25, -0.2) is 0 Å². The van der Waals surface area contributed by atoms with Crippen LogP contribution in [0.1, 0.15) is 23.2 Å². The van der Waals surface area contributed by atoms with E-state index in [1.807, 2.05) is 35.4 Å². The standard InChI is InChI=1S/C12H12N2O/c15-12-10-5-1-2-6-11(10)13-8-9-4-3-7-14(9)12/h1-2,5-6,8-9H,3-4,7H2/t9-/m0/s1. The monoisotopic (exact) mass is 200 g/mol. The quantitative estimate of drug-likeness (QED) is 0.630. The normalized spacial score (nSPS) is 23.6. The summed E-state index contributed by atoms with van der Waals surface area (Å²) in [6, 6.07) is 7.77. The summed E-state index contributed by atoms with van der Waals surface area (Å²) >= 11 is 0. The molecule has 3 nitrogen and oxygen atoms in total. The predicted octanol–water partition coefficient (Wildman–Crippen LogP) is 2.01. The van der Waals surface area contributed by atoms with Gasteiger partial charge in [-0.05, 0) is 25.0 Å². The van der Waals surface area contributed by atoms with Gasteiger partial charge in [0.1, 0.15) is 0 Å². The van der Waals surface area contributed by atoms with Gasteiger partial charge in [0, 0.05) is 12.8 Å². The van der Waals surface area contributed by atoms with Gasteiger partial charge in [-0.15, -0.1) is 0 Å². The van der Waals surface area contributed by atoms with E-state index in [0.717, 1.165) is 30.6 Å². The van der Waals surface area contributed by atoms with Gasteiger partial charge >= 0.3 is 0 Å². The number of rotatable bonds is 0. The van der Waals surface area contributed by atoms with E-state index in [2.05, 4.69) is 4.99 Å². The smallest absolute Gasteiger partial charge is 0.256 e. The molecule has 15 heavy (non-hydrogen) atoms. The Bertz CT molecular complexity index is 439. The van der Waals surface area contributed by atoms with Crippen LogP contribution in [0.3, 0.4) is 0 Å². The lowest BCUT2D eigenvalue weighted by Crippen LogP contribution is -2.35. The van der Waals surface area contributed by atoms with Crippen molar-refractivity contribution in [3.8, 4) is 0 Å². The van der Waals surface area contributed by atoms with E-state index in [1.54, 1.807) is 0 Å². The Kier molecular flexibility index (Phi) is 1.84. The molecule has 0 N–H and O–H groups in total. The minimum atomic E-state index is 0.130. The molecule has 1 aromatic rings. The van der Waals surface area contributed by atoms with Crippen molar-refractivity contribution in [1.29, 1.82) is 0 Å². The molecule has 0 aromatic heterocycles. The highest BCUT2D eigenvalue weighted by molar-refractivity contribution is 6.02. The molecular formula is C12H12N2O. The largest absolute Gasteiger partial charge is 0.331 e. The van der Waals surface area contributed by atoms with Crippen molar-refractivity contribution >= 4 is 17.8 Å². The molecule has 0 radical (unpaired) electrons. The Hall–Kier alpha value is -1.64. The average Bonchev–Trinajstić information content (AvgIpc) is 2.69. The summed E-state index contributed by atoms with van der Waals surface area (Å²) in [7, 11) is 0. The molecule has 0 aliphatic carbocycles. The van der Waals surface area contributed by atoms with Crippen molar-refractivity contribution in [2.75, 3.05) is 6.54 Å². The van der Waals surface area contributed by atoms with Gasteiger partial charge in [-0.2, -0.15) is 0 Å². The van der Waals surface area contributed by atoms with E-state index >= 15 is 0 Å². The summed E-state index contributed by atoms with van der Waals surface area (Å²) in [6.07, 6.45) is 4.05. The van der Waals surface area contributed by atoms with Gasteiger partial charge in [-0.3, -0.25) is 9.79 Å². The van der Waals surface area contributed by atoms with Gasteiger partial charge in [0.2, 0.25) is 0 Å². The zero-order chi connectivity index (χ0) is 10.3. The van der Waals surface area contributed by atoms with Gasteiger partial charge in [-0.1, -0.05) is 12.1 Å². The first kappa shape index (κ1) is 8.65. The first-order valence-electron chi connectivity index (χ1n) is 5.30. The molecule has 2 aliphatic heterocycles. The summed E-state index contributed by atoms with van der Waals surface area (Å²) in [6.45, 7) is 0.865. The van der Waals surface area contributed by atoms with Crippen LogP contribution in [0.4, 0.5) is 5.69 Å². The van der Waals surface area contributed by atoms with E-state index in [-0.39, 0.29) is 11.9 Å². The van der Waals surface area contributed by atoms with Crippen LogP contribution in [-0.4, -0.2) is 29.6 Å². The molecule has 3 heteroatoms. The van der Waals surface area contributed by atoms with Crippen molar-refractivity contribution in [2.24, 2.45) is 4.99 Å². The Balaban J connectivity index is 2.12. The maximum Gasteiger partial charge on any atom is 0.256 e. The first-order chi connectivity index (χ1) is 7.36. The molecule has 0 bridgehead atoms. The van der Waals surface area contributed by atoms with Crippen molar-refractivity contribution in [2.45, 2.75) is 18.9 Å². The number of aliphatic imine (C=N–C) groups is 1. The third kappa shape index (κ3) is 1.27. The van der Waals surface area contributed by atoms with Crippen molar-refractivity contribution in [1.82, 2.24) is 4.90 Å². The zero-order valence-electron chi connectivity index (χ0n) is 8.39. The lowest BCUT2D eigenvalue weighted by molar-refractivity contribution is 0.0775. The summed E-state index contributed by atoms with van der Waals surface area (Å²) < 4.78 is 0. The van der Waals surface area contributed by atoms with Crippen LogP contribution in [0.5, 0.6) is 0 Å². The van der Waals surface area contributed by atoms with Gasteiger partial charge in [0.15, 0.2) is 0 Å². The van der Waals surface area contributed by atoms with Crippen LogP contribution in [-0.2, 0) is 0 Å². The van der Waals surface area contributed by atoms with Crippen molar-refractivity contribution < 1.29 is 4.79 Å². The molecule has 3 rings (SSSR count). The predicted molar refractivity (Wildman–Crippen MR) is 58.7 cm³/mol. The fraction of sp³-hybridized carbons (Fsp3) is 0.333. The van der Waals surface area contributed by atoms with Crippen LogP contribution in [0.2, 0.25) is 0 Å². The molecule has 2 aliphatic rings. The van der Waals surface area contributed by atoms with Crippen LogP contribution < -0.4 is 0 Å². The van der Waals surface area contributed by atoms with Gasteiger partial charge < -0.3 is 4.90 Å². The topological polar surface area (TPSA) is 32.7 Å². The maximum absolute atomic E-state index is 12.2. The SMILES string of the molecule is O=C1c2ccccc2N=C[C@@H]2CCCN12. The van der Waals surface area contributed by atoms with E-state index in [1.165, 1.54) is 0 Å². The van der Waals surface area contributed by atoms with E-state index < -0.39 is 0 Å². The molecule has 0 unspecified atom stereocenters. The number of para-hydroxylation sites is 1. The number of carbonyl (C=O) groups is 1. The second-order valence-corrected chi connectivity index (χ2v) is 4.00. The maximum atomic E-state index is 12.2. The van der Waals surface area contributed by atoms with Crippen LogP contribution in [0, 0.1) is 0 Å². The number of benzene rings is 1. The summed E-state index contributed by atoms with van der Waals surface area (Å²) in [4.78, 5) is 18.5. The number of amides is 1. The second kappa shape index (κ2) is 3.19. The molecular weight excluding hydrogens is 188 g/mol. The number of hydrogen-bond acceptors (Lipinski definition) is 2. The number of fused-ring (bicyclic) bond motifs is 2. The molecule has 1 amide bonds.